The van der Waals surface area contributed by atoms with E-state index in [0.717, 1.165) is 5.56 Å². The molecule has 0 atom stereocenters. The third-order valence-corrected chi connectivity index (χ3v) is 1.01. The van der Waals surface area contributed by atoms with E-state index in [1.54, 1.807) is 6.07 Å². The zero-order valence-corrected chi connectivity index (χ0v) is 5.46. The molecule has 0 heterocycles. The van der Waals surface area contributed by atoms with E-state index in [1.807, 2.05) is 18.2 Å². The second-order valence-corrected chi connectivity index (χ2v) is 1.74. The van der Waals surface area contributed by atoms with E-state index in [9.17, 15) is 0 Å². The van der Waals surface area contributed by atoms with E-state index < -0.39 is 0 Å². The predicted octanol–water partition coefficient (Wildman–Crippen LogP) is 0.831. The Morgan fingerprint density at radius 2 is 2.40 bits per heavy atom. The molecule has 0 aromatic heterocycles. The largest absolute Gasteiger partial charge is 0.384 e. The quantitative estimate of drug-likeness (QED) is 0.517. The van der Waals surface area contributed by atoms with Crippen LogP contribution in [0, 0.1) is 17.9 Å². The van der Waals surface area contributed by atoms with Crippen molar-refractivity contribution < 1.29 is 5.11 Å². The summed E-state index contributed by atoms with van der Waals surface area (Å²) in [5.41, 5.74) is 0.816. The maximum absolute atomic E-state index is 8.34. The average molecular weight is 131 g/mol. The second-order valence-electron chi connectivity index (χ2n) is 1.74. The second kappa shape index (κ2) is 3.71. The fourth-order valence-corrected chi connectivity index (χ4v) is 0.606. The van der Waals surface area contributed by atoms with Crippen molar-refractivity contribution >= 4 is 0 Å². The molecule has 1 rings (SSSR count). The average Bonchev–Trinajstić information content (AvgIpc) is 2.03. The normalized spacial score (nSPS) is 8.10. The van der Waals surface area contributed by atoms with Crippen molar-refractivity contribution in [3.05, 3.63) is 35.9 Å². The Morgan fingerprint density at radius 1 is 1.50 bits per heavy atom. The van der Waals surface area contributed by atoms with Gasteiger partial charge in [0.2, 0.25) is 0 Å². The van der Waals surface area contributed by atoms with Crippen LogP contribution in [0.2, 0.25) is 0 Å². The highest BCUT2D eigenvalue weighted by atomic mass is 16.2. The van der Waals surface area contributed by atoms with Gasteiger partial charge in [0, 0.05) is 5.56 Å². The van der Waals surface area contributed by atoms with Crippen LogP contribution in [0.5, 0.6) is 0 Å². The van der Waals surface area contributed by atoms with Crippen LogP contribution < -0.4 is 0 Å². The topological polar surface area (TPSA) is 20.2 Å². The van der Waals surface area contributed by atoms with Crippen molar-refractivity contribution in [1.29, 1.82) is 0 Å². The van der Waals surface area contributed by atoms with Gasteiger partial charge in [0.1, 0.15) is 6.61 Å². The third-order valence-electron chi connectivity index (χ3n) is 1.01. The van der Waals surface area contributed by atoms with Crippen LogP contribution in [0.3, 0.4) is 0 Å². The molecule has 0 aliphatic rings. The smallest absolute Gasteiger partial charge is 0.104 e. The SMILES string of the molecule is OCC#Cc1[c]cccc1. The van der Waals surface area contributed by atoms with Gasteiger partial charge in [-0.3, -0.25) is 0 Å². The Morgan fingerprint density at radius 3 is 3.00 bits per heavy atom. The summed E-state index contributed by atoms with van der Waals surface area (Å²) in [6.07, 6.45) is 0. The van der Waals surface area contributed by atoms with Crippen molar-refractivity contribution in [3.63, 3.8) is 0 Å². The summed E-state index contributed by atoms with van der Waals surface area (Å²) in [6, 6.07) is 10.3. The fourth-order valence-electron chi connectivity index (χ4n) is 0.606. The van der Waals surface area contributed by atoms with Gasteiger partial charge >= 0.3 is 0 Å². The van der Waals surface area contributed by atoms with E-state index >= 15 is 0 Å². The van der Waals surface area contributed by atoms with E-state index in [-0.39, 0.29) is 6.61 Å². The molecule has 10 heavy (non-hydrogen) atoms. The summed E-state index contributed by atoms with van der Waals surface area (Å²) >= 11 is 0. The number of aliphatic hydroxyl groups excluding tert-OH is 1. The number of benzene rings is 1. The van der Waals surface area contributed by atoms with Gasteiger partial charge in [-0.2, -0.15) is 0 Å². The molecule has 0 aliphatic heterocycles. The highest BCUT2D eigenvalue weighted by Gasteiger charge is 1.79. The highest BCUT2D eigenvalue weighted by Crippen LogP contribution is 1.92. The van der Waals surface area contributed by atoms with Gasteiger partial charge < -0.3 is 5.11 Å². The lowest BCUT2D eigenvalue weighted by molar-refractivity contribution is 0.350. The van der Waals surface area contributed by atoms with Crippen LogP contribution in [-0.2, 0) is 0 Å². The highest BCUT2D eigenvalue weighted by molar-refractivity contribution is 5.32. The van der Waals surface area contributed by atoms with Gasteiger partial charge in [-0.05, 0) is 12.1 Å². The maximum atomic E-state index is 8.34. The van der Waals surface area contributed by atoms with Crippen molar-refractivity contribution in [2.24, 2.45) is 0 Å². The molecule has 1 nitrogen and oxygen atoms in total. The monoisotopic (exact) mass is 131 g/mol. The van der Waals surface area contributed by atoms with Gasteiger partial charge in [0.05, 0.1) is 0 Å². The zero-order chi connectivity index (χ0) is 7.23. The molecule has 0 spiro atoms. The first kappa shape index (κ1) is 6.85. The maximum Gasteiger partial charge on any atom is 0.104 e. The van der Waals surface area contributed by atoms with Crippen molar-refractivity contribution in [1.82, 2.24) is 0 Å². The Kier molecular flexibility index (Phi) is 2.54. The summed E-state index contributed by atoms with van der Waals surface area (Å²) in [5.74, 6) is 5.28. The van der Waals surface area contributed by atoms with E-state index in [4.69, 9.17) is 5.11 Å². The lowest BCUT2D eigenvalue weighted by Gasteiger charge is -1.83. The number of hydrogen-bond acceptors (Lipinski definition) is 1. The number of rotatable bonds is 0. The zero-order valence-electron chi connectivity index (χ0n) is 5.46. The van der Waals surface area contributed by atoms with Crippen LogP contribution in [-0.4, -0.2) is 11.7 Å². The summed E-state index contributed by atoms with van der Waals surface area (Å²) in [4.78, 5) is 0. The van der Waals surface area contributed by atoms with Crippen LogP contribution in [0.4, 0.5) is 0 Å². The molecule has 1 heteroatoms. The van der Waals surface area contributed by atoms with Crippen LogP contribution in [0.1, 0.15) is 5.56 Å². The summed E-state index contributed by atoms with van der Waals surface area (Å²) in [7, 11) is 0. The third kappa shape index (κ3) is 1.93. The van der Waals surface area contributed by atoms with E-state index in [1.165, 1.54) is 0 Å². The Balaban J connectivity index is 2.76. The van der Waals surface area contributed by atoms with Gasteiger partial charge in [-0.15, -0.1) is 0 Å². The molecule has 0 bridgehead atoms. The molecule has 0 fully saturated rings. The molecule has 0 unspecified atom stereocenters. The first-order valence-corrected chi connectivity index (χ1v) is 3.00. The minimum atomic E-state index is -0.0945. The molecule has 1 N–H and O–H groups in total. The first-order valence-electron chi connectivity index (χ1n) is 3.00. The number of hydrogen-bond donors (Lipinski definition) is 1. The molecule has 1 radical (unpaired) electrons. The molecule has 0 aliphatic carbocycles. The summed E-state index contributed by atoms with van der Waals surface area (Å²) in [5, 5.41) is 8.34. The fraction of sp³-hybridized carbons (Fsp3) is 0.111. The van der Waals surface area contributed by atoms with Crippen molar-refractivity contribution in [2.45, 2.75) is 0 Å². The molecule has 0 amide bonds. The molecule has 1 aromatic rings. The van der Waals surface area contributed by atoms with Gasteiger partial charge in [0.15, 0.2) is 0 Å². The van der Waals surface area contributed by atoms with Gasteiger partial charge in [0.25, 0.3) is 0 Å². The lowest BCUT2D eigenvalue weighted by Crippen LogP contribution is -1.74. The van der Waals surface area contributed by atoms with E-state index in [0.29, 0.717) is 0 Å². The lowest BCUT2D eigenvalue weighted by atomic mass is 10.2. The van der Waals surface area contributed by atoms with E-state index in [2.05, 4.69) is 17.9 Å². The predicted molar refractivity (Wildman–Crippen MR) is 39.2 cm³/mol. The van der Waals surface area contributed by atoms with Crippen molar-refractivity contribution in [3.8, 4) is 11.8 Å². The van der Waals surface area contributed by atoms with Crippen LogP contribution in [0.15, 0.2) is 24.3 Å². The summed E-state index contributed by atoms with van der Waals surface area (Å²) < 4.78 is 0. The molecular formula is C9H7O. The number of aliphatic hydroxyl groups is 1. The summed E-state index contributed by atoms with van der Waals surface area (Å²) in [6.45, 7) is -0.0945. The molecule has 1 aromatic carbocycles. The standard InChI is InChI=1S/C9H7O/c10-8-4-7-9-5-2-1-3-6-9/h1-3,5,10H,8H2. The molecule has 0 saturated carbocycles. The molecular weight excluding hydrogens is 124 g/mol. The van der Waals surface area contributed by atoms with Gasteiger partial charge in [-0.1, -0.05) is 30.0 Å². The Bertz CT molecular complexity index is 240. The minimum absolute atomic E-state index is 0.0945. The Labute approximate surface area is 60.3 Å². The van der Waals surface area contributed by atoms with Crippen molar-refractivity contribution in [2.75, 3.05) is 6.61 Å². The molecule has 0 saturated heterocycles. The van der Waals surface area contributed by atoms with Gasteiger partial charge in [-0.25, -0.2) is 0 Å². The molecule has 49 valence electrons. The van der Waals surface area contributed by atoms with Crippen LogP contribution in [0.25, 0.3) is 0 Å². The first-order chi connectivity index (χ1) is 4.93. The van der Waals surface area contributed by atoms with Crippen LogP contribution >= 0.6 is 0 Å². The minimum Gasteiger partial charge on any atom is -0.384 e. The Hall–Kier alpha value is -1.26.